The molecule has 5 heteroatoms. The van der Waals surface area contributed by atoms with Gasteiger partial charge in [0.05, 0.1) is 0 Å². The lowest BCUT2D eigenvalue weighted by Gasteiger charge is -2.35. The zero-order valence-corrected chi connectivity index (χ0v) is 14.6. The number of rotatable bonds is 5. The molecule has 1 amide bonds. The number of hydrogen-bond acceptors (Lipinski definition) is 4. The molecule has 2 aliphatic rings. The average molecular weight is 330 g/mol. The van der Waals surface area contributed by atoms with E-state index >= 15 is 0 Å². The Morgan fingerprint density at radius 3 is 2.50 bits per heavy atom. The van der Waals surface area contributed by atoms with E-state index in [4.69, 9.17) is 0 Å². The van der Waals surface area contributed by atoms with Crippen molar-refractivity contribution in [2.75, 3.05) is 37.6 Å². The minimum absolute atomic E-state index is 0.289. The molecule has 2 fully saturated rings. The molecule has 0 unspecified atom stereocenters. The molecule has 132 valence electrons. The third kappa shape index (κ3) is 4.94. The number of nitrogens with zero attached hydrogens (tertiary/aromatic N) is 3. The fourth-order valence-corrected chi connectivity index (χ4v) is 3.75. The minimum Gasteiger partial charge on any atom is -0.353 e. The van der Waals surface area contributed by atoms with Crippen molar-refractivity contribution >= 4 is 11.7 Å². The lowest BCUT2D eigenvalue weighted by molar-refractivity contribution is -0.131. The summed E-state index contributed by atoms with van der Waals surface area (Å²) < 4.78 is 0. The van der Waals surface area contributed by atoms with Gasteiger partial charge in [-0.05, 0) is 25.0 Å². The van der Waals surface area contributed by atoms with Gasteiger partial charge in [-0.1, -0.05) is 31.7 Å². The van der Waals surface area contributed by atoms with Gasteiger partial charge >= 0.3 is 0 Å². The summed E-state index contributed by atoms with van der Waals surface area (Å²) in [5.74, 6) is 1.30. The third-order valence-corrected chi connectivity index (χ3v) is 5.23. The van der Waals surface area contributed by atoms with Gasteiger partial charge in [-0.25, -0.2) is 4.98 Å². The standard InChI is InChI=1S/C19H30N4O/c24-19(10-12-20-17-7-3-1-2-4-8-17)23-15-13-22(14-16-23)18-9-5-6-11-21-18/h5-6,9,11,17,20H,1-4,7-8,10,12-16H2. The molecule has 0 bridgehead atoms. The molecule has 1 aromatic heterocycles. The highest BCUT2D eigenvalue weighted by atomic mass is 16.2. The van der Waals surface area contributed by atoms with Crippen LogP contribution in [0.25, 0.3) is 0 Å². The maximum absolute atomic E-state index is 12.4. The number of aromatic nitrogens is 1. The number of hydrogen-bond donors (Lipinski definition) is 1. The highest BCUT2D eigenvalue weighted by Crippen LogP contribution is 2.17. The summed E-state index contributed by atoms with van der Waals surface area (Å²) in [7, 11) is 0. The number of carbonyl (C=O) groups excluding carboxylic acids is 1. The molecule has 24 heavy (non-hydrogen) atoms. The minimum atomic E-state index is 0.289. The summed E-state index contributed by atoms with van der Waals surface area (Å²) >= 11 is 0. The van der Waals surface area contributed by atoms with Crippen LogP contribution < -0.4 is 10.2 Å². The van der Waals surface area contributed by atoms with Gasteiger partial charge in [-0.15, -0.1) is 0 Å². The van der Waals surface area contributed by atoms with Crippen LogP contribution in [-0.4, -0.2) is 54.6 Å². The van der Waals surface area contributed by atoms with Crippen LogP contribution in [0.4, 0.5) is 5.82 Å². The highest BCUT2D eigenvalue weighted by Gasteiger charge is 2.21. The topological polar surface area (TPSA) is 48.5 Å². The van der Waals surface area contributed by atoms with Crippen molar-refractivity contribution < 1.29 is 4.79 Å². The predicted molar refractivity (Wildman–Crippen MR) is 97.1 cm³/mol. The summed E-state index contributed by atoms with van der Waals surface area (Å²) in [5, 5.41) is 3.60. The maximum atomic E-state index is 12.4. The summed E-state index contributed by atoms with van der Waals surface area (Å²) in [4.78, 5) is 21.1. The Bertz CT molecular complexity index is 491. The molecule has 1 aliphatic heterocycles. The molecule has 1 aliphatic carbocycles. The Kier molecular flexibility index (Phi) is 6.47. The SMILES string of the molecule is O=C(CCNC1CCCCCC1)N1CCN(c2ccccn2)CC1. The Morgan fingerprint density at radius 1 is 1.08 bits per heavy atom. The fraction of sp³-hybridized carbons (Fsp3) is 0.684. The first-order valence-corrected chi connectivity index (χ1v) is 9.50. The molecule has 3 rings (SSSR count). The second-order valence-corrected chi connectivity index (χ2v) is 6.95. The second kappa shape index (κ2) is 9.02. The van der Waals surface area contributed by atoms with Crippen molar-refractivity contribution in [3.05, 3.63) is 24.4 Å². The van der Waals surface area contributed by atoms with E-state index in [0.29, 0.717) is 12.5 Å². The van der Waals surface area contributed by atoms with E-state index in [9.17, 15) is 4.79 Å². The van der Waals surface area contributed by atoms with Crippen LogP contribution in [0.15, 0.2) is 24.4 Å². The van der Waals surface area contributed by atoms with Crippen LogP contribution in [0.2, 0.25) is 0 Å². The van der Waals surface area contributed by atoms with Crippen LogP contribution in [0.1, 0.15) is 44.9 Å². The van der Waals surface area contributed by atoms with E-state index in [1.807, 2.05) is 29.3 Å². The van der Waals surface area contributed by atoms with Crippen LogP contribution in [-0.2, 0) is 4.79 Å². The van der Waals surface area contributed by atoms with Crippen molar-refractivity contribution in [3.8, 4) is 0 Å². The average Bonchev–Trinajstić information content (AvgIpc) is 2.91. The van der Waals surface area contributed by atoms with Gasteiger partial charge in [0.25, 0.3) is 0 Å². The predicted octanol–water partition coefficient (Wildman–Crippen LogP) is 2.43. The molecule has 0 aromatic carbocycles. The van der Waals surface area contributed by atoms with E-state index < -0.39 is 0 Å². The molecule has 0 spiro atoms. The van der Waals surface area contributed by atoms with E-state index in [2.05, 4.69) is 15.2 Å². The summed E-state index contributed by atoms with van der Waals surface area (Å²) in [5.41, 5.74) is 0. The smallest absolute Gasteiger partial charge is 0.223 e. The Morgan fingerprint density at radius 2 is 1.83 bits per heavy atom. The molecule has 1 N–H and O–H groups in total. The summed E-state index contributed by atoms with van der Waals surface area (Å²) in [6.07, 6.45) is 10.4. The zero-order chi connectivity index (χ0) is 16.6. The molecular formula is C19H30N4O. The van der Waals surface area contributed by atoms with Crippen molar-refractivity contribution in [1.82, 2.24) is 15.2 Å². The number of amides is 1. The maximum Gasteiger partial charge on any atom is 0.223 e. The summed E-state index contributed by atoms with van der Waals surface area (Å²) in [6, 6.07) is 6.61. The van der Waals surface area contributed by atoms with E-state index in [1.165, 1.54) is 38.5 Å². The molecule has 0 atom stereocenters. The lowest BCUT2D eigenvalue weighted by Crippen LogP contribution is -2.49. The first-order chi connectivity index (χ1) is 11.8. The lowest BCUT2D eigenvalue weighted by atomic mass is 10.1. The van der Waals surface area contributed by atoms with Gasteiger partial charge in [-0.2, -0.15) is 0 Å². The van der Waals surface area contributed by atoms with Crippen molar-refractivity contribution in [2.45, 2.75) is 51.0 Å². The van der Waals surface area contributed by atoms with Gasteiger partial charge in [0.1, 0.15) is 5.82 Å². The zero-order valence-electron chi connectivity index (χ0n) is 14.6. The normalized spacial score (nSPS) is 20.0. The van der Waals surface area contributed by atoms with Gasteiger partial charge in [0, 0.05) is 51.4 Å². The fourth-order valence-electron chi connectivity index (χ4n) is 3.75. The van der Waals surface area contributed by atoms with Crippen LogP contribution in [0, 0.1) is 0 Å². The largest absolute Gasteiger partial charge is 0.353 e. The number of pyridine rings is 1. The molecule has 1 saturated heterocycles. The van der Waals surface area contributed by atoms with Gasteiger partial charge in [0.2, 0.25) is 5.91 Å². The van der Waals surface area contributed by atoms with Crippen LogP contribution >= 0.6 is 0 Å². The monoisotopic (exact) mass is 330 g/mol. The molecular weight excluding hydrogens is 300 g/mol. The molecule has 5 nitrogen and oxygen atoms in total. The first kappa shape index (κ1) is 17.2. The Hall–Kier alpha value is -1.62. The van der Waals surface area contributed by atoms with E-state index in [-0.39, 0.29) is 5.91 Å². The second-order valence-electron chi connectivity index (χ2n) is 6.95. The number of piperazine rings is 1. The first-order valence-electron chi connectivity index (χ1n) is 9.50. The third-order valence-electron chi connectivity index (χ3n) is 5.23. The molecule has 1 saturated carbocycles. The summed E-state index contributed by atoms with van der Waals surface area (Å²) in [6.45, 7) is 4.18. The Balaban J connectivity index is 1.36. The van der Waals surface area contributed by atoms with Crippen LogP contribution in [0.5, 0.6) is 0 Å². The number of carbonyl (C=O) groups is 1. The number of anilines is 1. The van der Waals surface area contributed by atoms with Gasteiger partial charge < -0.3 is 15.1 Å². The molecule has 0 radical (unpaired) electrons. The van der Waals surface area contributed by atoms with Crippen molar-refractivity contribution in [2.24, 2.45) is 0 Å². The van der Waals surface area contributed by atoms with Crippen molar-refractivity contribution in [3.63, 3.8) is 0 Å². The molecule has 1 aromatic rings. The van der Waals surface area contributed by atoms with Gasteiger partial charge in [0.15, 0.2) is 0 Å². The van der Waals surface area contributed by atoms with Crippen molar-refractivity contribution in [1.29, 1.82) is 0 Å². The van der Waals surface area contributed by atoms with E-state index in [1.54, 1.807) is 0 Å². The van der Waals surface area contributed by atoms with Gasteiger partial charge in [-0.3, -0.25) is 4.79 Å². The van der Waals surface area contributed by atoms with E-state index in [0.717, 1.165) is 38.5 Å². The highest BCUT2D eigenvalue weighted by molar-refractivity contribution is 5.76. The Labute approximate surface area is 145 Å². The number of nitrogens with one attached hydrogen (secondary N) is 1. The van der Waals surface area contributed by atoms with Crippen LogP contribution in [0.3, 0.4) is 0 Å². The molecule has 2 heterocycles. The quantitative estimate of drug-likeness (QED) is 0.843.